The van der Waals surface area contributed by atoms with Crippen LogP contribution in [-0.2, 0) is 0 Å². The van der Waals surface area contributed by atoms with Crippen LogP contribution >= 0.6 is 0 Å². The second kappa shape index (κ2) is 7.47. The number of anilines is 4. The molecule has 2 fully saturated rings. The van der Waals surface area contributed by atoms with Crippen LogP contribution in [0.1, 0.15) is 19.8 Å². The van der Waals surface area contributed by atoms with E-state index in [1.165, 1.54) is 0 Å². The average molecular weight is 394 g/mol. The summed E-state index contributed by atoms with van der Waals surface area (Å²) in [6.07, 6.45) is 6.76. The maximum atomic E-state index is 13.2. The van der Waals surface area contributed by atoms with Crippen LogP contribution in [0, 0.1) is 0 Å². The van der Waals surface area contributed by atoms with Gasteiger partial charge in [0.2, 0.25) is 0 Å². The van der Waals surface area contributed by atoms with Crippen molar-refractivity contribution in [3.8, 4) is 0 Å². The second-order valence-electron chi connectivity index (χ2n) is 7.95. The number of carbonyl (C=O) groups excluding carboxylic acids is 1. The molecular formula is C20H26N8O. The van der Waals surface area contributed by atoms with E-state index in [2.05, 4.69) is 49.5 Å². The van der Waals surface area contributed by atoms with Gasteiger partial charge in [0, 0.05) is 51.2 Å². The van der Waals surface area contributed by atoms with Crippen LogP contribution in [0.15, 0.2) is 30.7 Å². The molecule has 2 saturated heterocycles. The molecule has 3 aliphatic heterocycles. The molecule has 9 heteroatoms. The minimum atomic E-state index is -0.198. The maximum Gasteiger partial charge on any atom is 0.329 e. The molecule has 0 radical (unpaired) electrons. The number of hydrogen-bond donors (Lipinski definition) is 2. The quantitative estimate of drug-likeness (QED) is 0.801. The summed E-state index contributed by atoms with van der Waals surface area (Å²) in [6, 6.07) is 4.54. The fourth-order valence-corrected chi connectivity index (χ4v) is 4.52. The van der Waals surface area contributed by atoms with Crippen molar-refractivity contribution in [2.24, 2.45) is 0 Å². The first-order chi connectivity index (χ1) is 14.2. The molecule has 5 heterocycles. The van der Waals surface area contributed by atoms with Gasteiger partial charge in [-0.3, -0.25) is 15.2 Å². The number of aromatic nitrogens is 3. The standard InChI is InChI=1S/C20H26N8O/c1-14-12-27(10-8-22-14)18-5-4-16-19(25-18)28(15-3-2-9-26(16)13-15)20(29)24-17-11-21-6-7-23-17/h4-7,11,14-15,22H,2-3,8-10,12-13H2,1H3,(H,23,24,29)/t14-,15+/m1/s1. The number of fused-ring (bicyclic) bond motifs is 4. The second-order valence-corrected chi connectivity index (χ2v) is 7.95. The van der Waals surface area contributed by atoms with E-state index < -0.39 is 0 Å². The number of pyridine rings is 1. The minimum Gasteiger partial charge on any atom is -0.366 e. The van der Waals surface area contributed by atoms with E-state index in [4.69, 9.17) is 4.98 Å². The van der Waals surface area contributed by atoms with Gasteiger partial charge in [-0.25, -0.2) is 14.8 Å². The van der Waals surface area contributed by atoms with E-state index in [9.17, 15) is 4.79 Å². The number of piperazine rings is 1. The smallest absolute Gasteiger partial charge is 0.329 e. The van der Waals surface area contributed by atoms with Crippen LogP contribution in [0.5, 0.6) is 0 Å². The van der Waals surface area contributed by atoms with Crippen LogP contribution in [0.4, 0.5) is 27.9 Å². The molecule has 0 saturated carbocycles. The Morgan fingerprint density at radius 3 is 2.97 bits per heavy atom. The topological polar surface area (TPSA) is 89.5 Å². The highest BCUT2D eigenvalue weighted by Crippen LogP contribution is 2.39. The molecule has 2 aromatic rings. The van der Waals surface area contributed by atoms with Crippen LogP contribution < -0.4 is 25.3 Å². The summed E-state index contributed by atoms with van der Waals surface area (Å²) in [5, 5.41) is 6.36. The predicted molar refractivity (Wildman–Crippen MR) is 113 cm³/mol. The van der Waals surface area contributed by atoms with Crippen molar-refractivity contribution in [1.29, 1.82) is 0 Å². The number of urea groups is 1. The molecule has 0 unspecified atom stereocenters. The summed E-state index contributed by atoms with van der Waals surface area (Å²) in [5.41, 5.74) is 1.03. The van der Waals surface area contributed by atoms with Gasteiger partial charge in [0.15, 0.2) is 11.6 Å². The Morgan fingerprint density at radius 1 is 1.21 bits per heavy atom. The zero-order chi connectivity index (χ0) is 19.8. The van der Waals surface area contributed by atoms with Crippen LogP contribution in [0.25, 0.3) is 0 Å². The molecule has 2 aromatic heterocycles. The van der Waals surface area contributed by atoms with Crippen LogP contribution in [-0.4, -0.2) is 65.8 Å². The summed E-state index contributed by atoms with van der Waals surface area (Å²) >= 11 is 0. The number of amides is 2. The first kappa shape index (κ1) is 18.1. The number of nitrogens with zero attached hydrogens (tertiary/aromatic N) is 6. The Bertz CT molecular complexity index is 891. The summed E-state index contributed by atoms with van der Waals surface area (Å²) in [7, 11) is 0. The third-order valence-corrected chi connectivity index (χ3v) is 5.88. The molecule has 0 spiro atoms. The highest BCUT2D eigenvalue weighted by Gasteiger charge is 2.38. The summed E-state index contributed by atoms with van der Waals surface area (Å²) in [4.78, 5) is 32.9. The van der Waals surface area contributed by atoms with Crippen molar-refractivity contribution < 1.29 is 4.79 Å². The zero-order valence-corrected chi connectivity index (χ0v) is 16.6. The molecule has 2 N–H and O–H groups in total. The number of hydrogen-bond acceptors (Lipinski definition) is 7. The van der Waals surface area contributed by atoms with Gasteiger partial charge < -0.3 is 15.1 Å². The first-order valence-corrected chi connectivity index (χ1v) is 10.3. The molecule has 0 aliphatic carbocycles. The highest BCUT2D eigenvalue weighted by molar-refractivity contribution is 6.04. The normalized spacial score (nSPS) is 23.6. The Morgan fingerprint density at radius 2 is 2.14 bits per heavy atom. The molecule has 29 heavy (non-hydrogen) atoms. The third-order valence-electron chi connectivity index (χ3n) is 5.88. The van der Waals surface area contributed by atoms with Crippen LogP contribution in [0.3, 0.4) is 0 Å². The molecular weight excluding hydrogens is 368 g/mol. The van der Waals surface area contributed by atoms with E-state index in [1.54, 1.807) is 18.6 Å². The summed E-state index contributed by atoms with van der Waals surface area (Å²) in [6.45, 7) is 6.79. The lowest BCUT2D eigenvalue weighted by atomic mass is 10.00. The van der Waals surface area contributed by atoms with E-state index in [1.807, 2.05) is 4.90 Å². The molecule has 2 atom stereocenters. The van der Waals surface area contributed by atoms with Gasteiger partial charge >= 0.3 is 6.03 Å². The van der Waals surface area contributed by atoms with Gasteiger partial charge in [0.1, 0.15) is 5.82 Å². The van der Waals surface area contributed by atoms with Gasteiger partial charge in [-0.05, 0) is 31.9 Å². The highest BCUT2D eigenvalue weighted by atomic mass is 16.2. The van der Waals surface area contributed by atoms with Crippen LogP contribution in [0.2, 0.25) is 0 Å². The van der Waals surface area contributed by atoms with E-state index in [0.29, 0.717) is 11.9 Å². The molecule has 0 aromatic carbocycles. The number of rotatable bonds is 2. The fourth-order valence-electron chi connectivity index (χ4n) is 4.52. The van der Waals surface area contributed by atoms with Crippen molar-refractivity contribution in [3.05, 3.63) is 30.7 Å². The van der Waals surface area contributed by atoms with Crippen molar-refractivity contribution in [3.63, 3.8) is 0 Å². The predicted octanol–water partition coefficient (Wildman–Crippen LogP) is 1.69. The molecule has 152 valence electrons. The van der Waals surface area contributed by atoms with Gasteiger partial charge in [-0.1, -0.05) is 0 Å². The Balaban J connectivity index is 1.49. The Kier molecular flexibility index (Phi) is 4.67. The van der Waals surface area contributed by atoms with E-state index in [0.717, 1.165) is 62.9 Å². The maximum absolute atomic E-state index is 13.2. The molecule has 2 amide bonds. The van der Waals surface area contributed by atoms with Gasteiger partial charge in [-0.15, -0.1) is 0 Å². The SMILES string of the molecule is C[C@@H]1CN(c2ccc3c(n2)N(C(=O)Nc2cnccn2)[C@H]2CCCN3C2)CCN1. The van der Waals surface area contributed by atoms with Gasteiger partial charge in [-0.2, -0.15) is 0 Å². The van der Waals surface area contributed by atoms with Crippen molar-refractivity contribution in [1.82, 2.24) is 20.3 Å². The third kappa shape index (κ3) is 3.46. The summed E-state index contributed by atoms with van der Waals surface area (Å²) < 4.78 is 0. The number of piperidine rings is 1. The Hall–Kier alpha value is -2.94. The monoisotopic (exact) mass is 394 g/mol. The fraction of sp³-hybridized carbons (Fsp3) is 0.500. The van der Waals surface area contributed by atoms with E-state index in [-0.39, 0.29) is 12.1 Å². The minimum absolute atomic E-state index is 0.109. The molecule has 5 rings (SSSR count). The van der Waals surface area contributed by atoms with Crippen molar-refractivity contribution >= 4 is 29.2 Å². The molecule has 2 bridgehead atoms. The molecule has 3 aliphatic rings. The van der Waals surface area contributed by atoms with Gasteiger partial charge in [0.25, 0.3) is 0 Å². The van der Waals surface area contributed by atoms with E-state index >= 15 is 0 Å². The number of carbonyl (C=O) groups is 1. The molecule has 9 nitrogen and oxygen atoms in total. The lowest BCUT2D eigenvalue weighted by Crippen LogP contribution is -2.56. The zero-order valence-electron chi connectivity index (χ0n) is 16.6. The average Bonchev–Trinajstić information content (AvgIpc) is 2.74. The van der Waals surface area contributed by atoms with Crippen molar-refractivity contribution in [2.45, 2.75) is 31.8 Å². The van der Waals surface area contributed by atoms with Gasteiger partial charge in [0.05, 0.1) is 17.9 Å². The number of nitrogens with one attached hydrogen (secondary N) is 2. The lowest BCUT2D eigenvalue weighted by Gasteiger charge is -2.46. The summed E-state index contributed by atoms with van der Waals surface area (Å²) in [5.74, 6) is 2.12. The first-order valence-electron chi connectivity index (χ1n) is 10.3. The lowest BCUT2D eigenvalue weighted by molar-refractivity contribution is 0.252. The van der Waals surface area contributed by atoms with Crippen molar-refractivity contribution in [2.75, 3.05) is 52.7 Å². The largest absolute Gasteiger partial charge is 0.366 e. The Labute approximate surface area is 170 Å².